The number of aromatic nitrogens is 2. The lowest BCUT2D eigenvalue weighted by atomic mass is 9.68. The number of hydrogen-bond donors (Lipinski definition) is 1. The van der Waals surface area contributed by atoms with Crippen LogP contribution in [-0.2, 0) is 16.7 Å². The molecule has 5 rings (SSSR count). The minimum Gasteiger partial charge on any atom is -0.378 e. The van der Waals surface area contributed by atoms with Crippen molar-refractivity contribution < 1.29 is 4.84 Å². The minimum atomic E-state index is -0.261. The Morgan fingerprint density at radius 1 is 1.03 bits per heavy atom. The topological polar surface area (TPSA) is 42.3 Å². The Kier molecular flexibility index (Phi) is 4.91. The predicted octanol–water partition coefficient (Wildman–Crippen LogP) is 4.62. The van der Waals surface area contributed by atoms with Gasteiger partial charge in [0.1, 0.15) is 0 Å². The number of rotatable bonds is 6. The molecule has 5 nitrogen and oxygen atoms in total. The first kappa shape index (κ1) is 19.6. The van der Waals surface area contributed by atoms with Crippen molar-refractivity contribution in [2.45, 2.75) is 24.7 Å². The number of nitrogens with zero attached hydrogens (tertiary/aromatic N) is 3. The molecule has 2 aliphatic carbocycles. The summed E-state index contributed by atoms with van der Waals surface area (Å²) < 4.78 is 2.04. The van der Waals surface area contributed by atoms with Crippen molar-refractivity contribution >= 4 is 17.6 Å². The summed E-state index contributed by atoms with van der Waals surface area (Å²) in [5, 5.41) is 4.73. The fourth-order valence-electron chi connectivity index (χ4n) is 4.47. The summed E-state index contributed by atoms with van der Waals surface area (Å²) in [7, 11) is 5.80. The molecule has 1 N–H and O–H groups in total. The second-order valence-electron chi connectivity index (χ2n) is 8.51. The molecule has 0 bridgehead atoms. The van der Waals surface area contributed by atoms with Crippen molar-refractivity contribution in [2.24, 2.45) is 0 Å². The molecular weight excluding hydrogens is 384 g/mol. The maximum atomic E-state index is 5.29. The highest BCUT2D eigenvalue weighted by atomic mass is 16.6. The summed E-state index contributed by atoms with van der Waals surface area (Å²) in [6, 6.07) is 19.7. The summed E-state index contributed by atoms with van der Waals surface area (Å²) >= 11 is 0. The third-order valence-corrected chi connectivity index (χ3v) is 6.33. The summed E-state index contributed by atoms with van der Waals surface area (Å²) in [5.41, 5.74) is 10.3. The van der Waals surface area contributed by atoms with Crippen LogP contribution in [0.1, 0.15) is 35.2 Å². The van der Waals surface area contributed by atoms with E-state index in [1.165, 1.54) is 28.1 Å². The monoisotopic (exact) mass is 412 g/mol. The molecule has 0 amide bonds. The van der Waals surface area contributed by atoms with Gasteiger partial charge in [0.25, 0.3) is 0 Å². The van der Waals surface area contributed by atoms with Crippen molar-refractivity contribution in [3.05, 3.63) is 94.8 Å². The highest BCUT2D eigenvalue weighted by Crippen LogP contribution is 2.43. The molecule has 2 aromatic carbocycles. The van der Waals surface area contributed by atoms with E-state index >= 15 is 0 Å². The molecule has 1 saturated carbocycles. The molecule has 0 saturated heterocycles. The average Bonchev–Trinajstić information content (AvgIpc) is 3.57. The molecule has 1 fully saturated rings. The van der Waals surface area contributed by atoms with Crippen LogP contribution in [0.3, 0.4) is 0 Å². The summed E-state index contributed by atoms with van der Waals surface area (Å²) in [5.74, 6) is 0.962. The van der Waals surface area contributed by atoms with Crippen LogP contribution in [0.25, 0.3) is 11.9 Å². The molecule has 0 spiro atoms. The standard InChI is InChI=1S/C26H28N4O/c1-29(2)23-13-11-22(12-14-23)26(21-7-5-4-6-8-21)16-15-20-18-27-30(24(20)17-26)25(28-31-3)19-9-10-19/h4-8,11-16,18,28H,9-10,17H2,1-3H3. The van der Waals surface area contributed by atoms with Gasteiger partial charge >= 0.3 is 0 Å². The molecule has 1 aromatic heterocycles. The molecule has 0 radical (unpaired) electrons. The fraction of sp³-hybridized carbons (Fsp3) is 0.269. The molecule has 1 heterocycles. The van der Waals surface area contributed by atoms with Crippen molar-refractivity contribution in [1.29, 1.82) is 0 Å². The largest absolute Gasteiger partial charge is 0.378 e. The Bertz CT molecular complexity index is 1140. The van der Waals surface area contributed by atoms with Gasteiger partial charge < -0.3 is 4.90 Å². The number of benzene rings is 2. The van der Waals surface area contributed by atoms with E-state index in [0.29, 0.717) is 0 Å². The highest BCUT2D eigenvalue weighted by molar-refractivity contribution is 5.66. The number of anilines is 1. The average molecular weight is 413 g/mol. The molecule has 1 unspecified atom stereocenters. The summed E-state index contributed by atoms with van der Waals surface area (Å²) in [4.78, 5) is 7.42. The van der Waals surface area contributed by atoms with E-state index in [4.69, 9.17) is 9.94 Å². The van der Waals surface area contributed by atoms with Crippen LogP contribution in [0.4, 0.5) is 5.69 Å². The maximum Gasteiger partial charge on any atom is 0.150 e. The van der Waals surface area contributed by atoms with Crippen LogP contribution in [0, 0.1) is 0 Å². The second-order valence-corrected chi connectivity index (χ2v) is 8.51. The summed E-state index contributed by atoms with van der Waals surface area (Å²) in [6.45, 7) is 0. The number of nitrogens with one attached hydrogen (secondary N) is 1. The Morgan fingerprint density at radius 2 is 1.74 bits per heavy atom. The molecule has 3 aromatic rings. The van der Waals surface area contributed by atoms with E-state index < -0.39 is 0 Å². The van der Waals surface area contributed by atoms with Crippen LogP contribution >= 0.6 is 0 Å². The normalized spacial score (nSPS) is 19.1. The fourth-order valence-corrected chi connectivity index (χ4v) is 4.47. The van der Waals surface area contributed by atoms with Crippen LogP contribution in [0.5, 0.6) is 0 Å². The lowest BCUT2D eigenvalue weighted by molar-refractivity contribution is 0.130. The van der Waals surface area contributed by atoms with E-state index in [0.717, 1.165) is 30.6 Å². The van der Waals surface area contributed by atoms with Crippen molar-refractivity contribution in [3.63, 3.8) is 0 Å². The molecule has 5 heteroatoms. The van der Waals surface area contributed by atoms with Crippen molar-refractivity contribution in [3.8, 4) is 0 Å². The van der Waals surface area contributed by atoms with Gasteiger partial charge in [-0.2, -0.15) is 5.10 Å². The van der Waals surface area contributed by atoms with Gasteiger partial charge in [-0.15, -0.1) is 0 Å². The van der Waals surface area contributed by atoms with Gasteiger partial charge in [-0.25, -0.2) is 10.2 Å². The van der Waals surface area contributed by atoms with Crippen LogP contribution < -0.4 is 10.4 Å². The van der Waals surface area contributed by atoms with E-state index in [2.05, 4.69) is 91.2 Å². The SMILES string of the molecule is CONC(=C1CC1)n1ncc2c1CC(c1ccccc1)(c1ccc(N(C)C)cc1)C=C2. The van der Waals surface area contributed by atoms with Gasteiger partial charge in [0.2, 0.25) is 0 Å². The van der Waals surface area contributed by atoms with E-state index in [1.54, 1.807) is 7.11 Å². The maximum absolute atomic E-state index is 5.29. The Labute approximate surface area is 183 Å². The summed E-state index contributed by atoms with van der Waals surface area (Å²) in [6.07, 6.45) is 9.52. The van der Waals surface area contributed by atoms with Gasteiger partial charge in [-0.05, 0) is 41.7 Å². The van der Waals surface area contributed by atoms with Gasteiger partial charge in [0, 0.05) is 37.2 Å². The van der Waals surface area contributed by atoms with Crippen molar-refractivity contribution in [2.75, 3.05) is 26.1 Å². The van der Waals surface area contributed by atoms with Gasteiger partial charge in [-0.3, -0.25) is 4.84 Å². The first-order chi connectivity index (χ1) is 15.1. The number of hydroxylamine groups is 1. The molecule has 158 valence electrons. The smallest absolute Gasteiger partial charge is 0.150 e. The number of fused-ring (bicyclic) bond motifs is 1. The number of hydrogen-bond acceptors (Lipinski definition) is 4. The molecule has 1 atom stereocenters. The molecule has 2 aliphatic rings. The third kappa shape index (κ3) is 3.45. The first-order valence-electron chi connectivity index (χ1n) is 10.7. The molecule has 31 heavy (non-hydrogen) atoms. The van der Waals surface area contributed by atoms with Crippen LogP contribution in [0.2, 0.25) is 0 Å². The third-order valence-electron chi connectivity index (χ3n) is 6.33. The van der Waals surface area contributed by atoms with Gasteiger partial charge in [0.05, 0.1) is 19.0 Å². The van der Waals surface area contributed by atoms with E-state index in [-0.39, 0.29) is 5.41 Å². The minimum absolute atomic E-state index is 0.261. The zero-order valence-electron chi connectivity index (χ0n) is 18.3. The Hall–Kier alpha value is -3.31. The molecule has 0 aliphatic heterocycles. The Morgan fingerprint density at radius 3 is 2.39 bits per heavy atom. The van der Waals surface area contributed by atoms with Crippen LogP contribution in [-0.4, -0.2) is 31.0 Å². The second kappa shape index (κ2) is 7.75. The quantitative estimate of drug-likeness (QED) is 0.600. The lowest BCUT2D eigenvalue weighted by Crippen LogP contribution is -2.32. The highest BCUT2D eigenvalue weighted by Gasteiger charge is 2.37. The number of allylic oxidation sites excluding steroid dienone is 2. The lowest BCUT2D eigenvalue weighted by Gasteiger charge is -2.35. The van der Waals surface area contributed by atoms with E-state index in [1.807, 2.05) is 10.9 Å². The van der Waals surface area contributed by atoms with Gasteiger partial charge in [-0.1, -0.05) is 54.6 Å². The zero-order chi connectivity index (χ0) is 21.4. The van der Waals surface area contributed by atoms with E-state index in [9.17, 15) is 0 Å². The predicted molar refractivity (Wildman–Crippen MR) is 126 cm³/mol. The zero-order valence-corrected chi connectivity index (χ0v) is 18.3. The first-order valence-corrected chi connectivity index (χ1v) is 10.7. The van der Waals surface area contributed by atoms with Gasteiger partial charge in [0.15, 0.2) is 5.82 Å². The van der Waals surface area contributed by atoms with Crippen molar-refractivity contribution in [1.82, 2.24) is 15.3 Å². The Balaban J connectivity index is 1.64. The van der Waals surface area contributed by atoms with Crippen LogP contribution in [0.15, 0.2) is 72.4 Å². The molecular formula is C26H28N4O.